The summed E-state index contributed by atoms with van der Waals surface area (Å²) in [7, 11) is 1.50. The highest BCUT2D eigenvalue weighted by molar-refractivity contribution is 5.79. The second kappa shape index (κ2) is 8.39. The van der Waals surface area contributed by atoms with Crippen LogP contribution in [0.3, 0.4) is 0 Å². The van der Waals surface area contributed by atoms with Gasteiger partial charge in [0.15, 0.2) is 5.96 Å². The molecule has 1 aromatic rings. The number of hydrogen-bond donors (Lipinski definition) is 2. The molecule has 0 atom stereocenters. The number of alkyl halides is 3. The van der Waals surface area contributed by atoms with Crippen molar-refractivity contribution >= 4 is 5.96 Å². The van der Waals surface area contributed by atoms with Crippen LogP contribution in [0.2, 0.25) is 0 Å². The van der Waals surface area contributed by atoms with Crippen molar-refractivity contribution in [2.75, 3.05) is 26.7 Å². The minimum atomic E-state index is -4.17. The summed E-state index contributed by atoms with van der Waals surface area (Å²) < 4.78 is 41.5. The molecule has 21 heavy (non-hydrogen) atoms. The van der Waals surface area contributed by atoms with Crippen LogP contribution in [0.5, 0.6) is 5.75 Å². The third kappa shape index (κ3) is 8.06. The van der Waals surface area contributed by atoms with Gasteiger partial charge in [-0.25, -0.2) is 0 Å². The van der Waals surface area contributed by atoms with E-state index in [9.17, 15) is 13.2 Å². The van der Waals surface area contributed by atoms with E-state index < -0.39 is 12.6 Å². The van der Waals surface area contributed by atoms with E-state index in [0.717, 1.165) is 11.3 Å². The number of guanidine groups is 1. The molecule has 0 heterocycles. The van der Waals surface area contributed by atoms with Crippen molar-refractivity contribution < 1.29 is 17.9 Å². The van der Waals surface area contributed by atoms with Gasteiger partial charge in [0.1, 0.15) is 12.4 Å². The normalized spacial score (nSPS) is 12.1. The first-order chi connectivity index (χ1) is 9.90. The lowest BCUT2D eigenvalue weighted by molar-refractivity contribution is -0.132. The Morgan fingerprint density at radius 1 is 1.14 bits per heavy atom. The van der Waals surface area contributed by atoms with Gasteiger partial charge in [0.05, 0.1) is 13.0 Å². The average Bonchev–Trinajstić information content (AvgIpc) is 2.42. The number of hydrogen-bond acceptors (Lipinski definition) is 2. The predicted octanol–water partition coefficient (Wildman–Crippen LogP) is 2.49. The Balaban J connectivity index is 2.19. The smallest absolute Gasteiger partial charge is 0.390 e. The maximum absolute atomic E-state index is 12.0. The topological polar surface area (TPSA) is 45.7 Å². The van der Waals surface area contributed by atoms with Crippen LogP contribution in [0.25, 0.3) is 0 Å². The summed E-state index contributed by atoms with van der Waals surface area (Å²) in [4.78, 5) is 3.84. The first-order valence-corrected chi connectivity index (χ1v) is 6.61. The summed E-state index contributed by atoms with van der Waals surface area (Å²) in [5, 5.41) is 5.48. The van der Waals surface area contributed by atoms with Crippen LogP contribution >= 0.6 is 0 Å². The third-order valence-electron chi connectivity index (χ3n) is 2.61. The van der Waals surface area contributed by atoms with Crippen molar-refractivity contribution in [1.29, 1.82) is 0 Å². The molecule has 1 rings (SSSR count). The molecule has 2 N–H and O–H groups in total. The fourth-order valence-corrected chi connectivity index (χ4v) is 1.52. The van der Waals surface area contributed by atoms with E-state index in [0.29, 0.717) is 19.1 Å². The van der Waals surface area contributed by atoms with Gasteiger partial charge >= 0.3 is 6.18 Å². The first-order valence-electron chi connectivity index (χ1n) is 6.61. The van der Waals surface area contributed by atoms with Crippen LogP contribution in [-0.2, 0) is 0 Å². The van der Waals surface area contributed by atoms with Gasteiger partial charge in [0.25, 0.3) is 0 Å². The van der Waals surface area contributed by atoms with E-state index in [4.69, 9.17) is 4.74 Å². The number of aliphatic imine (C=N–C) groups is 1. The largest absolute Gasteiger partial charge is 0.492 e. The fraction of sp³-hybridized carbons (Fsp3) is 0.500. The monoisotopic (exact) mass is 303 g/mol. The second-order valence-electron chi connectivity index (χ2n) is 4.45. The molecular weight excluding hydrogens is 283 g/mol. The van der Waals surface area contributed by atoms with Crippen molar-refractivity contribution in [3.8, 4) is 5.75 Å². The number of rotatable bonds is 6. The Labute approximate surface area is 122 Å². The van der Waals surface area contributed by atoms with E-state index in [2.05, 4.69) is 15.6 Å². The molecular formula is C14H20F3N3O. The van der Waals surface area contributed by atoms with Gasteiger partial charge < -0.3 is 15.4 Å². The van der Waals surface area contributed by atoms with Crippen LogP contribution in [0, 0.1) is 6.92 Å². The van der Waals surface area contributed by atoms with Crippen LogP contribution in [-0.4, -0.2) is 38.9 Å². The molecule has 0 amide bonds. The summed E-state index contributed by atoms with van der Waals surface area (Å²) in [5.74, 6) is 1.08. The van der Waals surface area contributed by atoms with Crippen LogP contribution in [0.4, 0.5) is 13.2 Å². The van der Waals surface area contributed by atoms with Gasteiger partial charge in [-0.15, -0.1) is 0 Å². The van der Waals surface area contributed by atoms with Gasteiger partial charge in [-0.1, -0.05) is 17.7 Å². The summed E-state index contributed by atoms with van der Waals surface area (Å²) in [6.07, 6.45) is -5.06. The molecule has 0 bridgehead atoms. The molecule has 0 aliphatic rings. The Morgan fingerprint density at radius 3 is 2.33 bits per heavy atom. The highest BCUT2D eigenvalue weighted by Crippen LogP contribution is 2.18. The summed E-state index contributed by atoms with van der Waals surface area (Å²) in [5.41, 5.74) is 1.15. The van der Waals surface area contributed by atoms with Crippen LogP contribution in [0.15, 0.2) is 29.3 Å². The average molecular weight is 303 g/mol. The summed E-state index contributed by atoms with van der Waals surface area (Å²) in [6.45, 7) is 2.62. The molecule has 0 aliphatic carbocycles. The van der Waals surface area contributed by atoms with E-state index in [-0.39, 0.29) is 6.54 Å². The SMILES string of the molecule is CN=C(NCCOc1ccc(C)cc1)NCCC(F)(F)F. The molecule has 118 valence electrons. The van der Waals surface area contributed by atoms with Gasteiger partial charge in [-0.2, -0.15) is 13.2 Å². The Bertz CT molecular complexity index is 444. The van der Waals surface area contributed by atoms with Crippen LogP contribution < -0.4 is 15.4 Å². The van der Waals surface area contributed by atoms with Crippen molar-refractivity contribution in [3.63, 3.8) is 0 Å². The number of halogens is 3. The van der Waals surface area contributed by atoms with Crippen LogP contribution in [0.1, 0.15) is 12.0 Å². The highest BCUT2D eigenvalue weighted by atomic mass is 19.4. The Hall–Kier alpha value is -1.92. The van der Waals surface area contributed by atoms with Crippen molar-refractivity contribution in [1.82, 2.24) is 10.6 Å². The lowest BCUT2D eigenvalue weighted by Gasteiger charge is -2.13. The van der Waals surface area contributed by atoms with E-state index in [1.54, 1.807) is 0 Å². The quantitative estimate of drug-likeness (QED) is 0.482. The van der Waals surface area contributed by atoms with Gasteiger partial charge in [0, 0.05) is 13.6 Å². The van der Waals surface area contributed by atoms with Gasteiger partial charge in [-0.05, 0) is 19.1 Å². The lowest BCUT2D eigenvalue weighted by atomic mass is 10.2. The summed E-state index contributed by atoms with van der Waals surface area (Å²) >= 11 is 0. The van der Waals surface area contributed by atoms with E-state index in [1.165, 1.54) is 7.05 Å². The standard InChI is InChI=1S/C14H20F3N3O/c1-11-3-5-12(6-4-11)21-10-9-20-13(18-2)19-8-7-14(15,16)17/h3-6H,7-10H2,1-2H3,(H2,18,19,20). The molecule has 0 saturated heterocycles. The Kier molecular flexibility index (Phi) is 6.84. The molecule has 0 aromatic heterocycles. The minimum absolute atomic E-state index is 0.206. The minimum Gasteiger partial charge on any atom is -0.492 e. The Morgan fingerprint density at radius 2 is 1.76 bits per heavy atom. The predicted molar refractivity (Wildman–Crippen MR) is 76.7 cm³/mol. The lowest BCUT2D eigenvalue weighted by Crippen LogP contribution is -2.40. The number of ether oxygens (including phenoxy) is 1. The number of aryl methyl sites for hydroxylation is 1. The summed E-state index contributed by atoms with van der Waals surface area (Å²) in [6, 6.07) is 7.62. The van der Waals surface area contributed by atoms with Gasteiger partial charge in [0.2, 0.25) is 0 Å². The first kappa shape index (κ1) is 17.1. The maximum atomic E-state index is 12.0. The van der Waals surface area contributed by atoms with Crippen molar-refractivity contribution in [2.24, 2.45) is 4.99 Å². The molecule has 0 spiro atoms. The van der Waals surface area contributed by atoms with E-state index >= 15 is 0 Å². The van der Waals surface area contributed by atoms with E-state index in [1.807, 2.05) is 31.2 Å². The molecule has 0 unspecified atom stereocenters. The molecule has 0 fully saturated rings. The number of nitrogens with one attached hydrogen (secondary N) is 2. The number of benzene rings is 1. The fourth-order valence-electron chi connectivity index (χ4n) is 1.52. The molecule has 7 heteroatoms. The number of nitrogens with zero attached hydrogens (tertiary/aromatic N) is 1. The van der Waals surface area contributed by atoms with Crippen molar-refractivity contribution in [3.05, 3.63) is 29.8 Å². The molecule has 0 saturated carbocycles. The molecule has 0 radical (unpaired) electrons. The molecule has 4 nitrogen and oxygen atoms in total. The third-order valence-corrected chi connectivity index (χ3v) is 2.61. The molecule has 1 aromatic carbocycles. The zero-order valence-electron chi connectivity index (χ0n) is 12.1. The second-order valence-corrected chi connectivity index (χ2v) is 4.45. The maximum Gasteiger partial charge on any atom is 0.390 e. The van der Waals surface area contributed by atoms with Gasteiger partial charge in [-0.3, -0.25) is 4.99 Å². The molecule has 0 aliphatic heterocycles. The zero-order chi connectivity index (χ0) is 15.7. The highest BCUT2D eigenvalue weighted by Gasteiger charge is 2.26. The van der Waals surface area contributed by atoms with Crippen molar-refractivity contribution in [2.45, 2.75) is 19.5 Å². The zero-order valence-corrected chi connectivity index (χ0v) is 12.1.